The topological polar surface area (TPSA) is 115 Å². The van der Waals surface area contributed by atoms with Crippen LogP contribution in [-0.4, -0.2) is 34.1 Å². The number of aromatic carboxylic acids is 1. The number of anilines is 1. The number of carboxylic acids is 1. The Morgan fingerprint density at radius 3 is 2.34 bits per heavy atom. The number of nitrogens with one attached hydrogen (secondary N) is 1. The molecule has 0 radical (unpaired) electrons. The third-order valence-electron chi connectivity index (χ3n) is 5.72. The molecular weight excluding hydrogens is 552 g/mol. The van der Waals surface area contributed by atoms with Gasteiger partial charge in [-0.15, -0.1) is 0 Å². The fourth-order valence-electron chi connectivity index (χ4n) is 4.08. The number of rotatable bonds is 8. The van der Waals surface area contributed by atoms with Crippen LogP contribution in [-0.2, 0) is 20.9 Å². The molecule has 4 rings (SSSR count). The van der Waals surface area contributed by atoms with Gasteiger partial charge in [-0.1, -0.05) is 58.4 Å². The van der Waals surface area contributed by atoms with Crippen molar-refractivity contribution < 1.29 is 24.2 Å². The highest BCUT2D eigenvalue weighted by atomic mass is 79.9. The predicted molar refractivity (Wildman–Crippen MR) is 148 cm³/mol. The predicted octanol–water partition coefficient (Wildman–Crippen LogP) is 5.24. The first-order valence-corrected chi connectivity index (χ1v) is 12.5. The summed E-state index contributed by atoms with van der Waals surface area (Å²) in [6.07, 6.45) is 2.11. The van der Waals surface area contributed by atoms with Gasteiger partial charge in [-0.05, 0) is 53.8 Å². The average molecular weight is 575 g/mol. The molecule has 9 heteroatoms. The van der Waals surface area contributed by atoms with E-state index in [1.165, 1.54) is 4.57 Å². The number of benzene rings is 3. The molecule has 2 N–H and O–H groups in total. The number of pyridine rings is 1. The molecule has 8 nitrogen and oxygen atoms in total. The summed E-state index contributed by atoms with van der Waals surface area (Å²) in [5.74, 6) is -2.35. The minimum absolute atomic E-state index is 0.00327. The van der Waals surface area contributed by atoms with E-state index in [0.29, 0.717) is 33.2 Å². The quantitative estimate of drug-likeness (QED) is 0.220. The van der Waals surface area contributed by atoms with Crippen molar-refractivity contribution in [1.29, 1.82) is 0 Å². The van der Waals surface area contributed by atoms with Crippen molar-refractivity contribution in [3.8, 4) is 11.1 Å². The molecule has 0 fully saturated rings. The number of carbonyl (C=O) groups excluding carboxylic acids is 2. The van der Waals surface area contributed by atoms with Gasteiger partial charge in [0.15, 0.2) is 0 Å². The first-order chi connectivity index (χ1) is 18.3. The zero-order valence-electron chi connectivity index (χ0n) is 20.3. The van der Waals surface area contributed by atoms with Crippen molar-refractivity contribution in [2.75, 3.05) is 11.9 Å². The highest BCUT2D eigenvalue weighted by molar-refractivity contribution is 9.10. The lowest BCUT2D eigenvalue weighted by Crippen LogP contribution is -2.28. The molecule has 0 saturated heterocycles. The molecule has 0 aliphatic heterocycles. The van der Waals surface area contributed by atoms with Gasteiger partial charge in [0, 0.05) is 33.3 Å². The van der Waals surface area contributed by atoms with E-state index in [1.807, 2.05) is 30.3 Å². The van der Waals surface area contributed by atoms with Crippen molar-refractivity contribution in [1.82, 2.24) is 4.57 Å². The molecule has 0 saturated carbocycles. The van der Waals surface area contributed by atoms with E-state index < -0.39 is 23.4 Å². The van der Waals surface area contributed by atoms with Crippen molar-refractivity contribution in [2.24, 2.45) is 0 Å². The summed E-state index contributed by atoms with van der Waals surface area (Å²) in [7, 11) is 0. The maximum absolute atomic E-state index is 13.5. The molecule has 3 aromatic carbocycles. The second-order valence-corrected chi connectivity index (χ2v) is 9.16. The van der Waals surface area contributed by atoms with E-state index in [1.54, 1.807) is 49.4 Å². The fourth-order valence-corrected chi connectivity index (χ4v) is 4.44. The normalized spacial score (nSPS) is 11.0. The summed E-state index contributed by atoms with van der Waals surface area (Å²) in [5, 5.41) is 13.8. The van der Waals surface area contributed by atoms with Crippen LogP contribution in [0.25, 0.3) is 21.9 Å². The Labute approximate surface area is 226 Å². The standard InChI is InChI=1S/C29H23BrN2O6/c1-2-38-25(34)15-14-24(33)31-21-11-8-18(9-12-21)17-32-27(29(36)37)26(19-6-4-3-5-7-19)23-16-20(30)10-13-22(23)28(32)35/h3-16H,2,17H2,1H3,(H,31,33)(H,36,37)/b15-14+. The van der Waals surface area contributed by atoms with Crippen LogP contribution in [0.15, 0.2) is 94.2 Å². The van der Waals surface area contributed by atoms with Gasteiger partial charge in [0.25, 0.3) is 5.56 Å². The largest absolute Gasteiger partial charge is 0.477 e. The lowest BCUT2D eigenvalue weighted by molar-refractivity contribution is -0.137. The molecular formula is C29H23BrN2O6. The molecule has 4 aromatic rings. The Morgan fingerprint density at radius 2 is 1.68 bits per heavy atom. The maximum Gasteiger partial charge on any atom is 0.353 e. The number of hydrogen-bond acceptors (Lipinski definition) is 5. The molecule has 0 bridgehead atoms. The number of carbonyl (C=O) groups is 3. The summed E-state index contributed by atoms with van der Waals surface area (Å²) >= 11 is 3.43. The smallest absolute Gasteiger partial charge is 0.353 e. The lowest BCUT2D eigenvalue weighted by Gasteiger charge is -2.18. The molecule has 192 valence electrons. The molecule has 38 heavy (non-hydrogen) atoms. The second-order valence-electron chi connectivity index (χ2n) is 8.25. The number of carboxylic acid groups (broad SMARTS) is 1. The molecule has 0 atom stereocenters. The van der Waals surface area contributed by atoms with Crippen molar-refractivity contribution in [2.45, 2.75) is 13.5 Å². The average Bonchev–Trinajstić information content (AvgIpc) is 2.90. The number of amides is 1. The molecule has 1 amide bonds. The van der Waals surface area contributed by atoms with E-state index in [-0.39, 0.29) is 18.8 Å². The summed E-state index contributed by atoms with van der Waals surface area (Å²) in [6.45, 7) is 1.88. The van der Waals surface area contributed by atoms with Crippen LogP contribution in [0.3, 0.4) is 0 Å². The monoisotopic (exact) mass is 574 g/mol. The second kappa shape index (κ2) is 11.7. The highest BCUT2D eigenvalue weighted by Crippen LogP contribution is 2.32. The fraction of sp³-hybridized carbons (Fsp3) is 0.103. The van der Waals surface area contributed by atoms with Gasteiger partial charge in [0.1, 0.15) is 5.69 Å². The number of ether oxygens (including phenoxy) is 1. The van der Waals surface area contributed by atoms with Gasteiger partial charge in [0.2, 0.25) is 5.91 Å². The number of fused-ring (bicyclic) bond motifs is 1. The van der Waals surface area contributed by atoms with Crippen molar-refractivity contribution in [3.05, 3.63) is 111 Å². The van der Waals surface area contributed by atoms with Crippen molar-refractivity contribution in [3.63, 3.8) is 0 Å². The van der Waals surface area contributed by atoms with E-state index in [0.717, 1.165) is 16.6 Å². The van der Waals surface area contributed by atoms with Crippen LogP contribution in [0, 0.1) is 0 Å². The Morgan fingerprint density at radius 1 is 0.974 bits per heavy atom. The van der Waals surface area contributed by atoms with Crippen LogP contribution in [0.5, 0.6) is 0 Å². The lowest BCUT2D eigenvalue weighted by atomic mass is 9.96. The van der Waals surface area contributed by atoms with Gasteiger partial charge < -0.3 is 15.2 Å². The minimum atomic E-state index is -1.22. The summed E-state index contributed by atoms with van der Waals surface area (Å²) < 4.78 is 6.73. The Kier molecular flexibility index (Phi) is 8.18. The molecule has 1 aromatic heterocycles. The zero-order valence-corrected chi connectivity index (χ0v) is 21.9. The minimum Gasteiger partial charge on any atom is -0.477 e. The summed E-state index contributed by atoms with van der Waals surface area (Å²) in [4.78, 5) is 49.5. The number of halogens is 1. The van der Waals surface area contributed by atoms with Gasteiger partial charge in [-0.25, -0.2) is 9.59 Å². The van der Waals surface area contributed by atoms with Gasteiger partial charge in [-0.2, -0.15) is 0 Å². The third kappa shape index (κ3) is 5.90. The third-order valence-corrected chi connectivity index (χ3v) is 6.21. The Balaban J connectivity index is 1.72. The van der Waals surface area contributed by atoms with Crippen LogP contribution in [0.4, 0.5) is 5.69 Å². The first kappa shape index (κ1) is 26.6. The Bertz CT molecular complexity index is 1610. The zero-order chi connectivity index (χ0) is 27.2. The van der Waals surface area contributed by atoms with Crippen LogP contribution in [0.2, 0.25) is 0 Å². The first-order valence-electron chi connectivity index (χ1n) is 11.7. The highest BCUT2D eigenvalue weighted by Gasteiger charge is 2.23. The molecule has 0 aliphatic rings. The van der Waals surface area contributed by atoms with Crippen LogP contribution in [0.1, 0.15) is 23.0 Å². The van der Waals surface area contributed by atoms with E-state index in [9.17, 15) is 24.3 Å². The van der Waals surface area contributed by atoms with E-state index in [2.05, 4.69) is 21.2 Å². The number of esters is 1. The maximum atomic E-state index is 13.5. The van der Waals surface area contributed by atoms with Gasteiger partial charge in [0.05, 0.1) is 13.2 Å². The Hall–Kier alpha value is -4.50. The molecule has 0 spiro atoms. The van der Waals surface area contributed by atoms with Crippen LogP contribution < -0.4 is 10.9 Å². The summed E-state index contributed by atoms with van der Waals surface area (Å²) in [6, 6.07) is 20.9. The van der Waals surface area contributed by atoms with Crippen molar-refractivity contribution >= 4 is 50.2 Å². The number of aromatic nitrogens is 1. The number of nitrogens with zero attached hydrogens (tertiary/aromatic N) is 1. The number of hydrogen-bond donors (Lipinski definition) is 2. The van der Waals surface area contributed by atoms with E-state index >= 15 is 0 Å². The van der Waals surface area contributed by atoms with Gasteiger partial charge >= 0.3 is 11.9 Å². The van der Waals surface area contributed by atoms with Crippen LogP contribution >= 0.6 is 15.9 Å². The molecule has 1 heterocycles. The molecule has 0 unspecified atom stereocenters. The van der Waals surface area contributed by atoms with E-state index in [4.69, 9.17) is 4.74 Å². The SMILES string of the molecule is CCOC(=O)/C=C/C(=O)Nc1ccc(Cn2c(C(=O)O)c(-c3ccccc3)c3cc(Br)ccc3c2=O)cc1. The molecule has 0 aliphatic carbocycles. The van der Waals surface area contributed by atoms with Gasteiger partial charge in [-0.3, -0.25) is 14.2 Å². The summed E-state index contributed by atoms with van der Waals surface area (Å²) in [5.41, 5.74) is 1.71.